The van der Waals surface area contributed by atoms with Gasteiger partial charge in [0.05, 0.1) is 5.02 Å². The number of hydrogen-bond donors (Lipinski definition) is 1. The van der Waals surface area contributed by atoms with Crippen LogP contribution in [0.4, 0.5) is 0 Å². The van der Waals surface area contributed by atoms with Crippen molar-refractivity contribution in [2.75, 3.05) is 19.6 Å². The number of benzene rings is 1. The number of nitrogens with one attached hydrogen (secondary N) is 1. The maximum Gasteiger partial charge on any atom is 0.0637 e. The summed E-state index contributed by atoms with van der Waals surface area (Å²) in [5.41, 5.74) is 0. The first-order chi connectivity index (χ1) is 8.75. The van der Waals surface area contributed by atoms with E-state index in [0.29, 0.717) is 6.04 Å². The highest BCUT2D eigenvalue weighted by atomic mass is 35.5. The highest BCUT2D eigenvalue weighted by Gasteiger charge is 2.20. The van der Waals surface area contributed by atoms with Crippen LogP contribution < -0.4 is 5.32 Å². The summed E-state index contributed by atoms with van der Waals surface area (Å²) in [6.45, 7) is 6.50. The maximum atomic E-state index is 6.49. The fourth-order valence-electron chi connectivity index (χ4n) is 2.47. The lowest BCUT2D eigenvalue weighted by Crippen LogP contribution is -2.49. The van der Waals surface area contributed by atoms with Crippen molar-refractivity contribution < 1.29 is 0 Å². The third kappa shape index (κ3) is 2.28. The second-order valence-corrected chi connectivity index (χ2v) is 6.37. The van der Waals surface area contributed by atoms with Gasteiger partial charge in [-0.3, -0.25) is 4.90 Å². The van der Waals surface area contributed by atoms with E-state index in [4.69, 9.17) is 11.6 Å². The zero-order chi connectivity index (χ0) is 12.5. The largest absolute Gasteiger partial charge is 0.314 e. The topological polar surface area (TPSA) is 15.3 Å². The number of nitrogens with zero attached hydrogens (tertiary/aromatic N) is 1. The Morgan fingerprint density at radius 3 is 3.06 bits per heavy atom. The van der Waals surface area contributed by atoms with Crippen molar-refractivity contribution in [3.8, 4) is 0 Å². The average Bonchev–Trinajstić information content (AvgIpc) is 2.70. The number of piperazine rings is 1. The van der Waals surface area contributed by atoms with Gasteiger partial charge in [0.15, 0.2) is 0 Å². The van der Waals surface area contributed by atoms with E-state index >= 15 is 0 Å². The molecule has 1 atom stereocenters. The monoisotopic (exact) mass is 280 g/mol. The van der Waals surface area contributed by atoms with Crippen LogP contribution in [-0.4, -0.2) is 30.6 Å². The molecule has 0 unspecified atom stereocenters. The first-order valence-electron chi connectivity index (χ1n) is 6.36. The molecule has 0 spiro atoms. The van der Waals surface area contributed by atoms with Crippen molar-refractivity contribution in [3.63, 3.8) is 0 Å². The Kier molecular flexibility index (Phi) is 3.57. The minimum absolute atomic E-state index is 0.583. The van der Waals surface area contributed by atoms with Gasteiger partial charge in [0.25, 0.3) is 0 Å². The first-order valence-corrected chi connectivity index (χ1v) is 7.56. The number of halogens is 1. The Balaban J connectivity index is 1.88. The quantitative estimate of drug-likeness (QED) is 0.908. The smallest absolute Gasteiger partial charge is 0.0637 e. The fourth-order valence-corrected chi connectivity index (χ4v) is 3.99. The van der Waals surface area contributed by atoms with E-state index < -0.39 is 0 Å². The Hall–Kier alpha value is -0.610. The molecule has 1 aromatic heterocycles. The van der Waals surface area contributed by atoms with Crippen LogP contribution in [0.2, 0.25) is 5.02 Å². The van der Waals surface area contributed by atoms with Gasteiger partial charge in [-0.2, -0.15) is 0 Å². The molecule has 1 fully saturated rings. The van der Waals surface area contributed by atoms with E-state index in [9.17, 15) is 0 Å². The summed E-state index contributed by atoms with van der Waals surface area (Å²) in [7, 11) is 0. The predicted octanol–water partition coefficient (Wildman–Crippen LogP) is 3.35. The van der Waals surface area contributed by atoms with E-state index in [-0.39, 0.29) is 0 Å². The molecule has 96 valence electrons. The van der Waals surface area contributed by atoms with Gasteiger partial charge in [-0.15, -0.1) is 11.3 Å². The summed E-state index contributed by atoms with van der Waals surface area (Å²) in [5, 5.41) is 5.56. The molecule has 1 aliphatic rings. The van der Waals surface area contributed by atoms with E-state index in [0.717, 1.165) is 31.2 Å². The third-order valence-corrected chi connectivity index (χ3v) is 5.29. The summed E-state index contributed by atoms with van der Waals surface area (Å²) in [4.78, 5) is 3.80. The van der Waals surface area contributed by atoms with Crippen LogP contribution in [0, 0.1) is 0 Å². The minimum Gasteiger partial charge on any atom is -0.314 e. The van der Waals surface area contributed by atoms with Gasteiger partial charge >= 0.3 is 0 Å². The molecule has 2 heterocycles. The average molecular weight is 281 g/mol. The Morgan fingerprint density at radius 1 is 1.44 bits per heavy atom. The van der Waals surface area contributed by atoms with E-state index in [1.165, 1.54) is 15.0 Å². The van der Waals surface area contributed by atoms with Gasteiger partial charge in [-0.25, -0.2) is 0 Å². The molecule has 2 aromatic rings. The molecule has 18 heavy (non-hydrogen) atoms. The molecule has 0 saturated carbocycles. The predicted molar refractivity (Wildman–Crippen MR) is 79.6 cm³/mol. The molecule has 1 aromatic carbocycles. The van der Waals surface area contributed by atoms with Crippen molar-refractivity contribution >= 4 is 33.0 Å². The lowest BCUT2D eigenvalue weighted by Gasteiger charge is -2.33. The molecule has 2 nitrogen and oxygen atoms in total. The number of hydrogen-bond acceptors (Lipinski definition) is 3. The van der Waals surface area contributed by atoms with Crippen LogP contribution in [0.5, 0.6) is 0 Å². The van der Waals surface area contributed by atoms with E-state index in [1.807, 2.05) is 11.3 Å². The highest BCUT2D eigenvalue weighted by molar-refractivity contribution is 7.19. The standard InChI is InChI=1S/C14H17ClN2S/c1-10-8-16-6-7-17(10)9-13-14(15)11-4-2-3-5-12(11)18-13/h2-5,10,16H,6-9H2,1H3/t10-/m1/s1. The van der Waals surface area contributed by atoms with Crippen molar-refractivity contribution in [1.29, 1.82) is 0 Å². The van der Waals surface area contributed by atoms with Crippen LogP contribution >= 0.6 is 22.9 Å². The summed E-state index contributed by atoms with van der Waals surface area (Å²) < 4.78 is 1.29. The molecule has 0 bridgehead atoms. The zero-order valence-corrected chi connectivity index (χ0v) is 12.0. The van der Waals surface area contributed by atoms with Crippen molar-refractivity contribution in [2.45, 2.75) is 19.5 Å². The van der Waals surface area contributed by atoms with Gasteiger partial charge in [0, 0.05) is 47.2 Å². The molecule has 0 amide bonds. The van der Waals surface area contributed by atoms with Gasteiger partial charge in [0.2, 0.25) is 0 Å². The lowest BCUT2D eigenvalue weighted by molar-refractivity contribution is 0.167. The van der Waals surface area contributed by atoms with Crippen molar-refractivity contribution in [2.24, 2.45) is 0 Å². The molecule has 1 N–H and O–H groups in total. The molecule has 1 aliphatic heterocycles. The van der Waals surface area contributed by atoms with Gasteiger partial charge in [0.1, 0.15) is 0 Å². The van der Waals surface area contributed by atoms with Crippen LogP contribution in [0.3, 0.4) is 0 Å². The Morgan fingerprint density at radius 2 is 2.28 bits per heavy atom. The SMILES string of the molecule is C[C@@H]1CNCCN1Cc1sc2ccccc2c1Cl. The maximum absolute atomic E-state index is 6.49. The van der Waals surface area contributed by atoms with Gasteiger partial charge in [-0.1, -0.05) is 29.8 Å². The minimum atomic E-state index is 0.583. The van der Waals surface area contributed by atoms with Crippen molar-refractivity contribution in [1.82, 2.24) is 10.2 Å². The fraction of sp³-hybridized carbons (Fsp3) is 0.429. The van der Waals surface area contributed by atoms with E-state index in [1.54, 1.807) is 0 Å². The molecule has 4 heteroatoms. The number of rotatable bonds is 2. The summed E-state index contributed by atoms with van der Waals surface area (Å²) in [5.74, 6) is 0. The summed E-state index contributed by atoms with van der Waals surface area (Å²) >= 11 is 8.32. The molecular weight excluding hydrogens is 264 g/mol. The molecule has 0 aliphatic carbocycles. The van der Waals surface area contributed by atoms with Crippen LogP contribution in [0.15, 0.2) is 24.3 Å². The normalized spacial score (nSPS) is 21.6. The second kappa shape index (κ2) is 5.17. The number of thiophene rings is 1. The van der Waals surface area contributed by atoms with Crippen LogP contribution in [-0.2, 0) is 6.54 Å². The molecule has 1 saturated heterocycles. The van der Waals surface area contributed by atoms with Gasteiger partial charge in [-0.05, 0) is 13.0 Å². The van der Waals surface area contributed by atoms with Gasteiger partial charge < -0.3 is 5.32 Å². The van der Waals surface area contributed by atoms with Crippen LogP contribution in [0.1, 0.15) is 11.8 Å². The molecule has 0 radical (unpaired) electrons. The Labute approximate surface area is 117 Å². The Bertz CT molecular complexity index is 552. The highest BCUT2D eigenvalue weighted by Crippen LogP contribution is 2.36. The summed E-state index contributed by atoms with van der Waals surface area (Å²) in [6.07, 6.45) is 0. The third-order valence-electron chi connectivity index (χ3n) is 3.59. The summed E-state index contributed by atoms with van der Waals surface area (Å²) in [6, 6.07) is 8.97. The molecular formula is C14H17ClN2S. The first kappa shape index (κ1) is 12.4. The van der Waals surface area contributed by atoms with Crippen LogP contribution in [0.25, 0.3) is 10.1 Å². The zero-order valence-electron chi connectivity index (χ0n) is 10.4. The lowest BCUT2D eigenvalue weighted by atomic mass is 10.2. The van der Waals surface area contributed by atoms with Crippen molar-refractivity contribution in [3.05, 3.63) is 34.2 Å². The van der Waals surface area contributed by atoms with E-state index in [2.05, 4.69) is 41.4 Å². The second-order valence-electron chi connectivity index (χ2n) is 4.86. The number of fused-ring (bicyclic) bond motifs is 1. The molecule has 3 rings (SSSR count).